The molecule has 0 amide bonds. The molecule has 1 aromatic rings. The second-order valence-electron chi connectivity index (χ2n) is 1.78. The first kappa shape index (κ1) is 8.99. The number of thioether (sulfide) groups is 1. The molecule has 1 aromatic heterocycles. The minimum Gasteiger partial charge on any atom is -0.244 e. The number of hydrogen-bond donors (Lipinski definition) is 0. The summed E-state index contributed by atoms with van der Waals surface area (Å²) >= 11 is 3.89. The van der Waals surface area contributed by atoms with E-state index < -0.39 is 0 Å². The van der Waals surface area contributed by atoms with Crippen LogP contribution in [-0.4, -0.2) is 15.7 Å². The van der Waals surface area contributed by atoms with E-state index in [2.05, 4.69) is 39.1 Å². The molecular weight excluding hydrogens is 271 g/mol. The van der Waals surface area contributed by atoms with Crippen molar-refractivity contribution in [3.05, 3.63) is 28.7 Å². The summed E-state index contributed by atoms with van der Waals surface area (Å²) in [4.78, 5) is 8.01. The Morgan fingerprint density at radius 2 is 2.55 bits per heavy atom. The Labute approximate surface area is 83.7 Å². The first-order valence-electron chi connectivity index (χ1n) is 3.04. The van der Waals surface area contributed by atoms with Gasteiger partial charge < -0.3 is 0 Å². The quantitative estimate of drug-likeness (QED) is 0.367. The highest BCUT2D eigenvalue weighted by Gasteiger charge is 1.98. The van der Waals surface area contributed by atoms with Crippen molar-refractivity contribution in [1.29, 1.82) is 0 Å². The van der Waals surface area contributed by atoms with Gasteiger partial charge in [0.2, 0.25) is 0 Å². The number of nitrogens with zero attached hydrogens (tertiary/aromatic N) is 2. The van der Waals surface area contributed by atoms with Gasteiger partial charge in [0.05, 0.1) is 3.57 Å². The molecule has 58 valence electrons. The minimum absolute atomic E-state index is 0.896. The molecule has 0 saturated heterocycles. The second-order valence-corrected chi connectivity index (χ2v) is 3.95. The van der Waals surface area contributed by atoms with Gasteiger partial charge in [0.15, 0.2) is 0 Å². The highest BCUT2D eigenvalue weighted by atomic mass is 127. The lowest BCUT2D eigenvalue weighted by Crippen LogP contribution is -1.86. The van der Waals surface area contributed by atoms with Crippen LogP contribution >= 0.6 is 34.4 Å². The van der Waals surface area contributed by atoms with Crippen molar-refractivity contribution in [2.24, 2.45) is 0 Å². The summed E-state index contributed by atoms with van der Waals surface area (Å²) in [5.41, 5.74) is 0. The Hall–Kier alpha value is -0.100. The van der Waals surface area contributed by atoms with E-state index in [1.165, 1.54) is 0 Å². The molecule has 0 fully saturated rings. The zero-order valence-electron chi connectivity index (χ0n) is 5.83. The van der Waals surface area contributed by atoms with Crippen LogP contribution < -0.4 is 0 Å². The van der Waals surface area contributed by atoms with E-state index in [1.807, 2.05) is 6.08 Å². The smallest absolute Gasteiger partial charge is 0.116 e. The van der Waals surface area contributed by atoms with Gasteiger partial charge in [-0.05, 0) is 22.6 Å². The van der Waals surface area contributed by atoms with E-state index in [9.17, 15) is 0 Å². The molecule has 0 bridgehead atoms. The van der Waals surface area contributed by atoms with E-state index in [0.717, 1.165) is 14.3 Å². The van der Waals surface area contributed by atoms with Crippen molar-refractivity contribution in [2.75, 3.05) is 5.75 Å². The topological polar surface area (TPSA) is 25.8 Å². The van der Waals surface area contributed by atoms with Gasteiger partial charge in [-0.25, -0.2) is 9.97 Å². The third kappa shape index (κ3) is 2.78. The largest absolute Gasteiger partial charge is 0.244 e. The fraction of sp³-hybridized carbons (Fsp3) is 0.143. The van der Waals surface area contributed by atoms with Gasteiger partial charge in [0.25, 0.3) is 0 Å². The summed E-state index contributed by atoms with van der Waals surface area (Å²) in [5.74, 6) is 0.896. The molecule has 0 aliphatic rings. The van der Waals surface area contributed by atoms with Gasteiger partial charge in [-0.15, -0.1) is 18.3 Å². The van der Waals surface area contributed by atoms with Crippen molar-refractivity contribution >= 4 is 34.4 Å². The predicted octanol–water partition coefficient (Wildman–Crippen LogP) is 2.36. The average Bonchev–Trinajstić information content (AvgIpc) is 2.03. The molecule has 0 aliphatic heterocycles. The second kappa shape index (κ2) is 4.71. The van der Waals surface area contributed by atoms with Gasteiger partial charge >= 0.3 is 0 Å². The van der Waals surface area contributed by atoms with Gasteiger partial charge in [-0.1, -0.05) is 6.08 Å². The van der Waals surface area contributed by atoms with Gasteiger partial charge in [-0.3, -0.25) is 0 Å². The van der Waals surface area contributed by atoms with Gasteiger partial charge in [0, 0.05) is 11.9 Å². The molecule has 11 heavy (non-hydrogen) atoms. The van der Waals surface area contributed by atoms with Crippen LogP contribution in [0.5, 0.6) is 0 Å². The zero-order chi connectivity index (χ0) is 8.10. The van der Waals surface area contributed by atoms with E-state index in [4.69, 9.17) is 0 Å². The summed E-state index contributed by atoms with van der Waals surface area (Å²) in [6, 6.07) is 0. The van der Waals surface area contributed by atoms with Crippen molar-refractivity contribution in [2.45, 2.75) is 5.03 Å². The Bertz CT molecular complexity index is 252. The molecule has 0 radical (unpaired) electrons. The molecule has 0 atom stereocenters. The fourth-order valence-corrected chi connectivity index (χ4v) is 1.90. The first-order valence-corrected chi connectivity index (χ1v) is 5.10. The summed E-state index contributed by atoms with van der Waals surface area (Å²) in [6.45, 7) is 3.64. The van der Waals surface area contributed by atoms with E-state index in [1.54, 1.807) is 24.3 Å². The van der Waals surface area contributed by atoms with E-state index >= 15 is 0 Å². The molecule has 0 aliphatic carbocycles. The van der Waals surface area contributed by atoms with Crippen LogP contribution in [0.25, 0.3) is 0 Å². The maximum absolute atomic E-state index is 4.11. The number of rotatable bonds is 3. The van der Waals surface area contributed by atoms with Crippen LogP contribution in [0.3, 0.4) is 0 Å². The lowest BCUT2D eigenvalue weighted by atomic mass is 10.7. The first-order chi connectivity index (χ1) is 5.34. The molecule has 4 heteroatoms. The molecule has 1 rings (SSSR count). The van der Waals surface area contributed by atoms with Crippen LogP contribution in [-0.2, 0) is 0 Å². The van der Waals surface area contributed by atoms with Crippen molar-refractivity contribution < 1.29 is 0 Å². The third-order valence-electron chi connectivity index (χ3n) is 0.972. The molecule has 0 unspecified atom stereocenters. The molecule has 2 nitrogen and oxygen atoms in total. The molecule has 1 heterocycles. The van der Waals surface area contributed by atoms with Crippen LogP contribution in [0.1, 0.15) is 0 Å². The maximum atomic E-state index is 4.11. The molecule has 0 N–H and O–H groups in total. The summed E-state index contributed by atoms with van der Waals surface area (Å²) in [6.07, 6.45) is 5.23. The Kier molecular flexibility index (Phi) is 3.85. The highest BCUT2D eigenvalue weighted by Crippen LogP contribution is 2.19. The van der Waals surface area contributed by atoms with E-state index in [0.29, 0.717) is 0 Å². The predicted molar refractivity (Wildman–Crippen MR) is 55.7 cm³/mol. The lowest BCUT2D eigenvalue weighted by Gasteiger charge is -1.97. The number of hydrogen-bond acceptors (Lipinski definition) is 3. The Morgan fingerprint density at radius 3 is 3.18 bits per heavy atom. The van der Waals surface area contributed by atoms with Gasteiger partial charge in [-0.2, -0.15) is 0 Å². The standard InChI is InChI=1S/C7H7IN2S/c1-2-3-11-7-6(8)4-9-5-10-7/h2,4-5H,1,3H2. The van der Waals surface area contributed by atoms with Crippen molar-refractivity contribution in [3.63, 3.8) is 0 Å². The number of halogens is 1. The van der Waals surface area contributed by atoms with Crippen molar-refractivity contribution in [1.82, 2.24) is 9.97 Å². The third-order valence-corrected chi connectivity index (χ3v) is 3.13. The summed E-state index contributed by atoms with van der Waals surface area (Å²) in [7, 11) is 0. The zero-order valence-corrected chi connectivity index (χ0v) is 8.80. The van der Waals surface area contributed by atoms with Gasteiger partial charge in [0.1, 0.15) is 11.4 Å². The molecule has 0 spiro atoms. The summed E-state index contributed by atoms with van der Waals surface area (Å²) < 4.78 is 1.09. The number of aromatic nitrogens is 2. The summed E-state index contributed by atoms with van der Waals surface area (Å²) in [5, 5.41) is 1.03. The molecule has 0 aromatic carbocycles. The Morgan fingerprint density at radius 1 is 1.73 bits per heavy atom. The normalized spacial score (nSPS) is 9.55. The van der Waals surface area contributed by atoms with E-state index in [-0.39, 0.29) is 0 Å². The lowest BCUT2D eigenvalue weighted by molar-refractivity contribution is 1.02. The van der Waals surface area contributed by atoms with Crippen LogP contribution in [0.2, 0.25) is 0 Å². The Balaban J connectivity index is 2.69. The maximum Gasteiger partial charge on any atom is 0.116 e. The minimum atomic E-state index is 0.896. The SMILES string of the molecule is C=CCSc1ncncc1I. The van der Waals surface area contributed by atoms with Crippen LogP contribution in [0.4, 0.5) is 0 Å². The highest BCUT2D eigenvalue weighted by molar-refractivity contribution is 14.1. The molecule has 0 saturated carbocycles. The average molecular weight is 278 g/mol. The van der Waals surface area contributed by atoms with Crippen molar-refractivity contribution in [3.8, 4) is 0 Å². The fourth-order valence-electron chi connectivity index (χ4n) is 0.546. The van der Waals surface area contributed by atoms with Crippen LogP contribution in [0, 0.1) is 3.57 Å². The monoisotopic (exact) mass is 278 g/mol. The molecular formula is C7H7IN2S. The van der Waals surface area contributed by atoms with Crippen LogP contribution in [0.15, 0.2) is 30.2 Å².